The van der Waals surface area contributed by atoms with E-state index in [9.17, 15) is 0 Å². The molecule has 4 heteroatoms. The van der Waals surface area contributed by atoms with Gasteiger partial charge in [0.25, 0.3) is 0 Å². The van der Waals surface area contributed by atoms with Crippen LogP contribution in [0.2, 0.25) is 0 Å². The van der Waals surface area contributed by atoms with E-state index < -0.39 is 0 Å². The molecule has 0 fully saturated rings. The van der Waals surface area contributed by atoms with Crippen molar-refractivity contribution in [2.75, 3.05) is 7.05 Å². The number of nitrogens with one attached hydrogen (secondary N) is 1. The van der Waals surface area contributed by atoms with Gasteiger partial charge in [-0.3, -0.25) is 4.98 Å². The fraction of sp³-hybridized carbons (Fsp3) is 0.188. The first-order chi connectivity index (χ1) is 9.78. The highest BCUT2D eigenvalue weighted by Gasteiger charge is 2.14. The van der Waals surface area contributed by atoms with Crippen LogP contribution in [0.15, 0.2) is 52.4 Å². The molecule has 102 valence electrons. The first-order valence-electron chi connectivity index (χ1n) is 6.52. The van der Waals surface area contributed by atoms with Crippen molar-refractivity contribution in [2.24, 2.45) is 0 Å². The summed E-state index contributed by atoms with van der Waals surface area (Å²) in [5.41, 5.74) is 2.40. The van der Waals surface area contributed by atoms with Crippen LogP contribution in [-0.2, 0) is 6.42 Å². The summed E-state index contributed by atoms with van der Waals surface area (Å²) in [6.45, 7) is 0. The minimum absolute atomic E-state index is 0.331. The average Bonchev–Trinajstić information content (AvgIpc) is 2.91. The first kappa shape index (κ1) is 13.7. The molecular formula is C16H15BrN2S. The van der Waals surface area contributed by atoms with Crippen molar-refractivity contribution in [1.29, 1.82) is 0 Å². The zero-order valence-electron chi connectivity index (χ0n) is 11.1. The fourth-order valence-electron chi connectivity index (χ4n) is 2.41. The second kappa shape index (κ2) is 6.04. The van der Waals surface area contributed by atoms with Crippen molar-refractivity contribution < 1.29 is 0 Å². The summed E-state index contributed by atoms with van der Waals surface area (Å²) >= 11 is 5.31. The van der Waals surface area contributed by atoms with Gasteiger partial charge in [-0.1, -0.05) is 18.2 Å². The van der Waals surface area contributed by atoms with Gasteiger partial charge in [0, 0.05) is 32.4 Å². The van der Waals surface area contributed by atoms with Gasteiger partial charge in [-0.05, 0) is 53.2 Å². The summed E-state index contributed by atoms with van der Waals surface area (Å²) in [5.74, 6) is 0. The Morgan fingerprint density at radius 2 is 2.15 bits per heavy atom. The summed E-state index contributed by atoms with van der Waals surface area (Å²) in [7, 11) is 2.02. The van der Waals surface area contributed by atoms with Crippen molar-refractivity contribution in [2.45, 2.75) is 12.5 Å². The molecule has 1 N–H and O–H groups in total. The Morgan fingerprint density at radius 1 is 1.30 bits per heavy atom. The maximum absolute atomic E-state index is 4.43. The van der Waals surface area contributed by atoms with Gasteiger partial charge in [0.15, 0.2) is 0 Å². The largest absolute Gasteiger partial charge is 0.312 e. The molecule has 2 heterocycles. The zero-order valence-corrected chi connectivity index (χ0v) is 13.5. The molecule has 2 aromatic heterocycles. The molecule has 0 radical (unpaired) electrons. The van der Waals surface area contributed by atoms with E-state index in [4.69, 9.17) is 0 Å². The molecule has 3 rings (SSSR count). The Labute approximate surface area is 131 Å². The van der Waals surface area contributed by atoms with Crippen LogP contribution in [-0.4, -0.2) is 12.0 Å². The number of fused-ring (bicyclic) bond motifs is 1. The summed E-state index contributed by atoms with van der Waals surface area (Å²) in [6, 6.07) is 13.0. The monoisotopic (exact) mass is 346 g/mol. The van der Waals surface area contributed by atoms with Gasteiger partial charge < -0.3 is 5.32 Å². The Kier molecular flexibility index (Phi) is 4.15. The molecule has 2 nitrogen and oxygen atoms in total. The Morgan fingerprint density at radius 3 is 2.90 bits per heavy atom. The number of rotatable bonds is 4. The second-order valence-electron chi connectivity index (χ2n) is 4.70. The molecule has 0 saturated heterocycles. The number of thiophene rings is 1. The molecule has 20 heavy (non-hydrogen) atoms. The quantitative estimate of drug-likeness (QED) is 0.748. The maximum atomic E-state index is 4.43. The number of pyridine rings is 1. The van der Waals surface area contributed by atoms with Crippen LogP contribution in [0, 0.1) is 0 Å². The number of likely N-dealkylation sites (N-methyl/N-ethyl adjacent to an activating group) is 1. The third-order valence-electron chi connectivity index (χ3n) is 3.44. The van der Waals surface area contributed by atoms with Crippen molar-refractivity contribution in [3.63, 3.8) is 0 Å². The topological polar surface area (TPSA) is 24.9 Å². The Hall–Kier alpha value is -1.23. The number of halogens is 1. The lowest BCUT2D eigenvalue weighted by atomic mass is 10.0. The predicted molar refractivity (Wildman–Crippen MR) is 89.3 cm³/mol. The van der Waals surface area contributed by atoms with E-state index in [0.717, 1.165) is 16.4 Å². The highest BCUT2D eigenvalue weighted by Crippen LogP contribution is 2.29. The van der Waals surface area contributed by atoms with Crippen LogP contribution in [0.3, 0.4) is 0 Å². The lowest BCUT2D eigenvalue weighted by molar-refractivity contribution is 0.604. The third kappa shape index (κ3) is 2.77. The van der Waals surface area contributed by atoms with Gasteiger partial charge in [-0.15, -0.1) is 11.3 Å². The highest BCUT2D eigenvalue weighted by molar-refractivity contribution is 9.10. The van der Waals surface area contributed by atoms with Crippen LogP contribution in [0.25, 0.3) is 10.9 Å². The number of nitrogens with zero attached hydrogens (tertiary/aromatic N) is 1. The molecule has 1 atom stereocenters. The molecular weight excluding hydrogens is 332 g/mol. The van der Waals surface area contributed by atoms with Crippen molar-refractivity contribution >= 4 is 38.2 Å². The van der Waals surface area contributed by atoms with Gasteiger partial charge in [-0.2, -0.15) is 0 Å². The van der Waals surface area contributed by atoms with Crippen molar-refractivity contribution in [3.05, 3.63) is 62.9 Å². The van der Waals surface area contributed by atoms with Crippen LogP contribution in [0.1, 0.15) is 16.5 Å². The van der Waals surface area contributed by atoms with E-state index in [2.05, 4.69) is 61.9 Å². The molecule has 0 aliphatic rings. The zero-order chi connectivity index (χ0) is 13.9. The normalized spacial score (nSPS) is 12.7. The fourth-order valence-corrected chi connectivity index (χ4v) is 3.96. The Bertz CT molecular complexity index is 718. The van der Waals surface area contributed by atoms with Crippen LogP contribution in [0.4, 0.5) is 0 Å². The van der Waals surface area contributed by atoms with Crippen molar-refractivity contribution in [1.82, 2.24) is 10.3 Å². The minimum atomic E-state index is 0.331. The van der Waals surface area contributed by atoms with E-state index in [1.54, 1.807) is 11.3 Å². The summed E-state index contributed by atoms with van der Waals surface area (Å²) in [5, 5.41) is 6.78. The Balaban J connectivity index is 1.95. The van der Waals surface area contributed by atoms with Crippen LogP contribution < -0.4 is 5.32 Å². The van der Waals surface area contributed by atoms with Gasteiger partial charge in [0.1, 0.15) is 0 Å². The van der Waals surface area contributed by atoms with E-state index in [-0.39, 0.29) is 0 Å². The lowest BCUT2D eigenvalue weighted by Gasteiger charge is -2.15. The smallest absolute Gasteiger partial charge is 0.0704 e. The first-order valence-corrected chi connectivity index (χ1v) is 8.19. The molecule has 3 aromatic rings. The standard InChI is InChI=1S/C16H15BrN2S/c1-18-15(16-9-12(17)10-20-16)8-11-6-7-19-14-5-3-2-4-13(11)14/h2-7,9-10,15,18H,8H2,1H3. The highest BCUT2D eigenvalue weighted by atomic mass is 79.9. The van der Waals surface area contributed by atoms with E-state index in [1.165, 1.54) is 15.8 Å². The van der Waals surface area contributed by atoms with Gasteiger partial charge in [0.05, 0.1) is 5.52 Å². The molecule has 0 bridgehead atoms. The van der Waals surface area contributed by atoms with E-state index in [0.29, 0.717) is 6.04 Å². The minimum Gasteiger partial charge on any atom is -0.312 e. The van der Waals surface area contributed by atoms with Gasteiger partial charge in [0.2, 0.25) is 0 Å². The number of hydrogen-bond acceptors (Lipinski definition) is 3. The third-order valence-corrected chi connectivity index (χ3v) is 5.25. The molecule has 0 aliphatic heterocycles. The number of para-hydroxylation sites is 1. The number of aromatic nitrogens is 1. The summed E-state index contributed by atoms with van der Waals surface area (Å²) in [6.07, 6.45) is 2.86. The van der Waals surface area contributed by atoms with Gasteiger partial charge in [-0.25, -0.2) is 0 Å². The second-order valence-corrected chi connectivity index (χ2v) is 6.56. The van der Waals surface area contributed by atoms with Gasteiger partial charge >= 0.3 is 0 Å². The maximum Gasteiger partial charge on any atom is 0.0704 e. The molecule has 1 aromatic carbocycles. The summed E-state index contributed by atoms with van der Waals surface area (Å²) in [4.78, 5) is 5.77. The van der Waals surface area contributed by atoms with Crippen LogP contribution in [0.5, 0.6) is 0 Å². The molecule has 0 amide bonds. The SMILES string of the molecule is CNC(Cc1ccnc2ccccc12)c1cc(Br)cs1. The average molecular weight is 347 g/mol. The molecule has 0 saturated carbocycles. The molecule has 0 spiro atoms. The van der Waals surface area contributed by atoms with E-state index >= 15 is 0 Å². The molecule has 1 unspecified atom stereocenters. The number of hydrogen-bond donors (Lipinski definition) is 1. The van der Waals surface area contributed by atoms with Crippen molar-refractivity contribution in [3.8, 4) is 0 Å². The van der Waals surface area contributed by atoms with Crippen LogP contribution >= 0.6 is 27.3 Å². The predicted octanol–water partition coefficient (Wildman–Crippen LogP) is 4.56. The summed E-state index contributed by atoms with van der Waals surface area (Å²) < 4.78 is 1.15. The number of benzene rings is 1. The lowest BCUT2D eigenvalue weighted by Crippen LogP contribution is -2.17. The molecule has 0 aliphatic carbocycles. The van der Waals surface area contributed by atoms with E-state index in [1.807, 2.05) is 19.3 Å².